The van der Waals surface area contributed by atoms with Gasteiger partial charge in [-0.3, -0.25) is 0 Å². The molecule has 0 aromatic carbocycles. The molecule has 1 aromatic rings. The molecule has 1 aliphatic carbocycles. The molecule has 1 saturated carbocycles. The highest BCUT2D eigenvalue weighted by atomic mass is 16.4. The van der Waals surface area contributed by atoms with E-state index in [9.17, 15) is 5.11 Å². The highest BCUT2D eigenvalue weighted by Gasteiger charge is 2.48. The molecule has 2 rings (SSSR count). The van der Waals surface area contributed by atoms with Gasteiger partial charge in [0.05, 0.1) is 6.26 Å². The summed E-state index contributed by atoms with van der Waals surface area (Å²) >= 11 is 0. The quantitative estimate of drug-likeness (QED) is 0.745. The van der Waals surface area contributed by atoms with Crippen molar-refractivity contribution in [3.8, 4) is 0 Å². The van der Waals surface area contributed by atoms with Crippen LogP contribution in [0.5, 0.6) is 0 Å². The Morgan fingerprint density at radius 3 is 2.57 bits per heavy atom. The molecule has 14 heavy (non-hydrogen) atoms. The van der Waals surface area contributed by atoms with Crippen LogP contribution in [0.25, 0.3) is 0 Å². The standard InChI is InChI=1S/C12H18O2/c1-11(2)7-3-4-8-12(11,13)10-6-5-9-14-10/h5-6,9,13H,3-4,7-8H2,1-2H3. The average molecular weight is 194 g/mol. The molecule has 1 unspecified atom stereocenters. The van der Waals surface area contributed by atoms with E-state index in [4.69, 9.17) is 4.42 Å². The third-order valence-corrected chi connectivity index (χ3v) is 3.64. The monoisotopic (exact) mass is 194 g/mol. The molecule has 1 atom stereocenters. The van der Waals surface area contributed by atoms with Gasteiger partial charge >= 0.3 is 0 Å². The van der Waals surface area contributed by atoms with Crippen LogP contribution < -0.4 is 0 Å². The number of hydrogen-bond donors (Lipinski definition) is 1. The van der Waals surface area contributed by atoms with Crippen molar-refractivity contribution >= 4 is 0 Å². The van der Waals surface area contributed by atoms with Gasteiger partial charge in [0.25, 0.3) is 0 Å². The number of rotatable bonds is 1. The van der Waals surface area contributed by atoms with Crippen molar-refractivity contribution in [1.82, 2.24) is 0 Å². The maximum absolute atomic E-state index is 10.7. The van der Waals surface area contributed by atoms with Crippen molar-refractivity contribution in [3.63, 3.8) is 0 Å². The van der Waals surface area contributed by atoms with E-state index in [1.165, 1.54) is 6.42 Å². The van der Waals surface area contributed by atoms with Gasteiger partial charge < -0.3 is 9.52 Å². The van der Waals surface area contributed by atoms with Gasteiger partial charge in [-0.2, -0.15) is 0 Å². The van der Waals surface area contributed by atoms with Crippen LogP contribution in [0.2, 0.25) is 0 Å². The molecule has 2 heteroatoms. The van der Waals surface area contributed by atoms with Crippen LogP contribution >= 0.6 is 0 Å². The molecule has 0 saturated heterocycles. The van der Waals surface area contributed by atoms with Crippen LogP contribution in [0.4, 0.5) is 0 Å². The maximum Gasteiger partial charge on any atom is 0.135 e. The van der Waals surface area contributed by atoms with Crippen LogP contribution in [-0.2, 0) is 5.60 Å². The van der Waals surface area contributed by atoms with E-state index in [0.717, 1.165) is 25.0 Å². The Balaban J connectivity index is 2.37. The zero-order chi connectivity index (χ0) is 10.2. The van der Waals surface area contributed by atoms with E-state index in [0.29, 0.717) is 0 Å². The molecule has 0 amide bonds. The lowest BCUT2D eigenvalue weighted by Gasteiger charge is -2.45. The van der Waals surface area contributed by atoms with Gasteiger partial charge in [0.1, 0.15) is 11.4 Å². The van der Waals surface area contributed by atoms with Gasteiger partial charge in [-0.1, -0.05) is 26.7 Å². The van der Waals surface area contributed by atoms with Crippen molar-refractivity contribution in [2.45, 2.75) is 45.1 Å². The van der Waals surface area contributed by atoms with Gasteiger partial charge in [-0.25, -0.2) is 0 Å². The Bertz CT molecular complexity index is 300. The van der Waals surface area contributed by atoms with Gasteiger partial charge in [0, 0.05) is 5.41 Å². The molecule has 2 nitrogen and oxygen atoms in total. The normalized spacial score (nSPS) is 31.6. The number of aliphatic hydroxyl groups is 1. The van der Waals surface area contributed by atoms with Crippen molar-refractivity contribution in [2.24, 2.45) is 5.41 Å². The van der Waals surface area contributed by atoms with E-state index in [2.05, 4.69) is 13.8 Å². The predicted molar refractivity (Wildman–Crippen MR) is 54.9 cm³/mol. The Labute approximate surface area is 84.9 Å². The zero-order valence-electron chi connectivity index (χ0n) is 8.92. The third kappa shape index (κ3) is 1.29. The minimum absolute atomic E-state index is 0.0803. The number of hydrogen-bond acceptors (Lipinski definition) is 2. The number of furan rings is 1. The van der Waals surface area contributed by atoms with E-state index in [1.54, 1.807) is 6.26 Å². The molecule has 0 aliphatic heterocycles. The first-order valence-corrected chi connectivity index (χ1v) is 5.33. The SMILES string of the molecule is CC1(C)CCCCC1(O)c1ccco1. The van der Waals surface area contributed by atoms with Crippen LogP contribution in [0.3, 0.4) is 0 Å². The third-order valence-electron chi connectivity index (χ3n) is 3.64. The maximum atomic E-state index is 10.7. The Hall–Kier alpha value is -0.760. The molecule has 1 N–H and O–H groups in total. The summed E-state index contributed by atoms with van der Waals surface area (Å²) in [6.45, 7) is 4.24. The second-order valence-corrected chi connectivity index (χ2v) is 4.93. The summed E-state index contributed by atoms with van der Waals surface area (Å²) in [5.74, 6) is 0.724. The summed E-state index contributed by atoms with van der Waals surface area (Å²) in [6.07, 6.45) is 5.80. The Morgan fingerprint density at radius 1 is 1.29 bits per heavy atom. The van der Waals surface area contributed by atoms with Gasteiger partial charge in [-0.05, 0) is 25.0 Å². The van der Waals surface area contributed by atoms with Gasteiger partial charge in [0.15, 0.2) is 0 Å². The summed E-state index contributed by atoms with van der Waals surface area (Å²) < 4.78 is 5.36. The van der Waals surface area contributed by atoms with Crippen LogP contribution in [-0.4, -0.2) is 5.11 Å². The highest BCUT2D eigenvalue weighted by molar-refractivity contribution is 5.15. The Kier molecular flexibility index (Phi) is 2.18. The first-order chi connectivity index (χ1) is 6.56. The second kappa shape index (κ2) is 3.13. The lowest BCUT2D eigenvalue weighted by atomic mass is 9.64. The van der Waals surface area contributed by atoms with Crippen molar-refractivity contribution < 1.29 is 9.52 Å². The molecule has 1 heterocycles. The summed E-state index contributed by atoms with van der Waals surface area (Å²) in [5.41, 5.74) is -0.849. The molecule has 1 fully saturated rings. The summed E-state index contributed by atoms with van der Waals surface area (Å²) in [4.78, 5) is 0. The first kappa shape index (κ1) is 9.78. The predicted octanol–water partition coefficient (Wildman–Crippen LogP) is 3.07. The molecular weight excluding hydrogens is 176 g/mol. The molecule has 1 aromatic heterocycles. The van der Waals surface area contributed by atoms with E-state index in [-0.39, 0.29) is 5.41 Å². The summed E-state index contributed by atoms with van der Waals surface area (Å²) in [7, 11) is 0. The molecule has 1 aliphatic rings. The lowest BCUT2D eigenvalue weighted by molar-refractivity contribution is -0.117. The minimum Gasteiger partial charge on any atom is -0.466 e. The van der Waals surface area contributed by atoms with Crippen molar-refractivity contribution in [2.75, 3.05) is 0 Å². The summed E-state index contributed by atoms with van der Waals surface area (Å²) in [5, 5.41) is 10.7. The summed E-state index contributed by atoms with van der Waals surface area (Å²) in [6, 6.07) is 3.73. The fraction of sp³-hybridized carbons (Fsp3) is 0.667. The lowest BCUT2D eigenvalue weighted by Crippen LogP contribution is -2.44. The first-order valence-electron chi connectivity index (χ1n) is 5.33. The van der Waals surface area contributed by atoms with E-state index < -0.39 is 5.60 Å². The average Bonchev–Trinajstić information content (AvgIpc) is 2.63. The molecule has 0 bridgehead atoms. The van der Waals surface area contributed by atoms with Gasteiger partial charge in [-0.15, -0.1) is 0 Å². The van der Waals surface area contributed by atoms with Crippen molar-refractivity contribution in [3.05, 3.63) is 24.2 Å². The van der Waals surface area contributed by atoms with Crippen molar-refractivity contribution in [1.29, 1.82) is 0 Å². The second-order valence-electron chi connectivity index (χ2n) is 4.93. The van der Waals surface area contributed by atoms with Crippen LogP contribution in [0, 0.1) is 5.41 Å². The minimum atomic E-state index is -0.769. The van der Waals surface area contributed by atoms with Crippen LogP contribution in [0.1, 0.15) is 45.3 Å². The van der Waals surface area contributed by atoms with E-state index in [1.807, 2.05) is 12.1 Å². The fourth-order valence-corrected chi connectivity index (χ4v) is 2.46. The van der Waals surface area contributed by atoms with E-state index >= 15 is 0 Å². The zero-order valence-corrected chi connectivity index (χ0v) is 8.92. The highest BCUT2D eigenvalue weighted by Crippen LogP contribution is 2.49. The Morgan fingerprint density at radius 2 is 2.00 bits per heavy atom. The molecule has 0 spiro atoms. The van der Waals surface area contributed by atoms with Crippen LogP contribution in [0.15, 0.2) is 22.8 Å². The topological polar surface area (TPSA) is 33.4 Å². The molecular formula is C12H18O2. The molecule has 0 radical (unpaired) electrons. The largest absolute Gasteiger partial charge is 0.466 e. The van der Waals surface area contributed by atoms with Gasteiger partial charge in [0.2, 0.25) is 0 Å². The smallest absolute Gasteiger partial charge is 0.135 e. The fourth-order valence-electron chi connectivity index (χ4n) is 2.46. The molecule has 78 valence electrons.